The second-order valence-electron chi connectivity index (χ2n) is 4.78. The predicted octanol–water partition coefficient (Wildman–Crippen LogP) is 2.73. The Balaban J connectivity index is 2.24. The molecule has 20 heavy (non-hydrogen) atoms. The highest BCUT2D eigenvalue weighted by Crippen LogP contribution is 2.37. The molecule has 2 rings (SSSR count). The topological polar surface area (TPSA) is 43.4 Å². The van der Waals surface area contributed by atoms with E-state index in [1.165, 1.54) is 7.11 Å². The molecule has 0 bridgehead atoms. The Bertz CT molecular complexity index is 557. The zero-order valence-corrected chi connectivity index (χ0v) is 10.8. The van der Waals surface area contributed by atoms with Crippen molar-refractivity contribution in [3.63, 3.8) is 0 Å². The Morgan fingerprint density at radius 3 is 2.45 bits per heavy atom. The maximum atomic E-state index is 13.7. The van der Waals surface area contributed by atoms with E-state index < -0.39 is 46.6 Å². The van der Waals surface area contributed by atoms with Crippen LogP contribution in [0.4, 0.5) is 13.2 Å². The van der Waals surface area contributed by atoms with Crippen molar-refractivity contribution >= 4 is 11.8 Å². The molecule has 6 heteroatoms. The minimum Gasteiger partial charge on any atom is -0.468 e. The lowest BCUT2D eigenvalue weighted by Gasteiger charge is -2.26. The summed E-state index contributed by atoms with van der Waals surface area (Å²) >= 11 is 0. The Kier molecular flexibility index (Phi) is 4.11. The number of rotatable bonds is 2. The van der Waals surface area contributed by atoms with Crippen molar-refractivity contribution in [1.82, 2.24) is 0 Å². The number of carbonyl (C=O) groups excluding carboxylic acids is 2. The quantitative estimate of drug-likeness (QED) is 0.477. The van der Waals surface area contributed by atoms with Gasteiger partial charge in [-0.05, 0) is 30.9 Å². The average Bonchev–Trinajstić information content (AvgIpc) is 2.43. The number of Topliss-reactive ketones (excluding diaryl/α,β-unsaturated/α-hetero) is 1. The highest BCUT2D eigenvalue weighted by molar-refractivity contribution is 5.99. The Labute approximate surface area is 113 Å². The lowest BCUT2D eigenvalue weighted by molar-refractivity contribution is -0.150. The van der Waals surface area contributed by atoms with E-state index >= 15 is 0 Å². The van der Waals surface area contributed by atoms with E-state index in [0.29, 0.717) is 6.07 Å². The zero-order valence-electron chi connectivity index (χ0n) is 10.8. The Hall–Kier alpha value is -1.85. The number of hydrogen-bond acceptors (Lipinski definition) is 3. The first kappa shape index (κ1) is 14.6. The van der Waals surface area contributed by atoms with Gasteiger partial charge in [-0.2, -0.15) is 0 Å². The first-order valence-corrected chi connectivity index (χ1v) is 6.19. The van der Waals surface area contributed by atoms with Gasteiger partial charge in [0, 0.05) is 12.0 Å². The molecule has 1 aromatic rings. The summed E-state index contributed by atoms with van der Waals surface area (Å²) in [7, 11) is 1.17. The molecule has 2 atom stereocenters. The molecule has 1 fully saturated rings. The Morgan fingerprint density at radius 2 is 1.85 bits per heavy atom. The molecule has 0 heterocycles. The summed E-state index contributed by atoms with van der Waals surface area (Å²) in [5.41, 5.74) is -0.415. The number of ether oxygens (including phenoxy) is 1. The van der Waals surface area contributed by atoms with Crippen molar-refractivity contribution in [2.45, 2.75) is 25.2 Å². The fraction of sp³-hybridized carbons (Fsp3) is 0.429. The summed E-state index contributed by atoms with van der Waals surface area (Å²) in [5, 5.41) is 0. The van der Waals surface area contributed by atoms with Crippen molar-refractivity contribution in [2.24, 2.45) is 5.92 Å². The summed E-state index contributed by atoms with van der Waals surface area (Å²) < 4.78 is 45.0. The standard InChI is InChI=1S/C14H13F3O3/c1-20-14(19)8-3-2-7(6-11(8)18)12-9(15)4-5-10(16)13(12)17/h4-5,7-8H,2-3,6H2,1H3. The van der Waals surface area contributed by atoms with Crippen LogP contribution < -0.4 is 0 Å². The highest BCUT2D eigenvalue weighted by atomic mass is 19.2. The number of benzene rings is 1. The van der Waals surface area contributed by atoms with Crippen LogP contribution in [0, 0.1) is 23.4 Å². The van der Waals surface area contributed by atoms with Gasteiger partial charge < -0.3 is 4.74 Å². The summed E-state index contributed by atoms with van der Waals surface area (Å²) in [6.45, 7) is 0. The van der Waals surface area contributed by atoms with Gasteiger partial charge in [-0.3, -0.25) is 9.59 Å². The van der Waals surface area contributed by atoms with Gasteiger partial charge in [0.15, 0.2) is 11.6 Å². The molecule has 1 saturated carbocycles. The molecule has 0 radical (unpaired) electrons. The third-order valence-electron chi connectivity index (χ3n) is 3.61. The van der Waals surface area contributed by atoms with Gasteiger partial charge in [-0.1, -0.05) is 0 Å². The molecular formula is C14H13F3O3. The minimum absolute atomic E-state index is 0.144. The number of carbonyl (C=O) groups is 2. The van der Waals surface area contributed by atoms with Crippen molar-refractivity contribution in [2.75, 3.05) is 7.11 Å². The molecule has 3 nitrogen and oxygen atoms in total. The van der Waals surface area contributed by atoms with Gasteiger partial charge in [0.05, 0.1) is 7.11 Å². The average molecular weight is 286 g/mol. The van der Waals surface area contributed by atoms with E-state index in [0.717, 1.165) is 6.07 Å². The zero-order chi connectivity index (χ0) is 14.9. The van der Waals surface area contributed by atoms with E-state index in [4.69, 9.17) is 0 Å². The lowest BCUT2D eigenvalue weighted by Crippen LogP contribution is -2.31. The summed E-state index contributed by atoms with van der Waals surface area (Å²) in [4.78, 5) is 23.2. The SMILES string of the molecule is COC(=O)C1CCC(c2c(F)ccc(F)c2F)CC1=O. The van der Waals surface area contributed by atoms with E-state index in [1.54, 1.807) is 0 Å². The number of halogens is 3. The van der Waals surface area contributed by atoms with Gasteiger partial charge in [0.1, 0.15) is 17.5 Å². The fourth-order valence-corrected chi connectivity index (χ4v) is 2.57. The van der Waals surface area contributed by atoms with Crippen LogP contribution in [-0.2, 0) is 14.3 Å². The lowest BCUT2D eigenvalue weighted by atomic mass is 9.77. The summed E-state index contributed by atoms with van der Waals surface area (Å²) in [6, 6.07) is 1.54. The van der Waals surface area contributed by atoms with Crippen LogP contribution in [0.3, 0.4) is 0 Å². The molecule has 0 amide bonds. The first-order chi connectivity index (χ1) is 9.45. The van der Waals surface area contributed by atoms with Gasteiger partial charge >= 0.3 is 5.97 Å². The third-order valence-corrected chi connectivity index (χ3v) is 3.61. The van der Waals surface area contributed by atoms with E-state index in [2.05, 4.69) is 4.74 Å². The molecule has 1 aromatic carbocycles. The van der Waals surface area contributed by atoms with Gasteiger partial charge in [-0.25, -0.2) is 13.2 Å². The first-order valence-electron chi connectivity index (χ1n) is 6.19. The summed E-state index contributed by atoms with van der Waals surface area (Å²) in [6.07, 6.45) is 0.172. The normalized spacial score (nSPS) is 22.7. The summed E-state index contributed by atoms with van der Waals surface area (Å²) in [5.74, 6) is -6.01. The van der Waals surface area contributed by atoms with E-state index in [1.807, 2.05) is 0 Å². The largest absolute Gasteiger partial charge is 0.468 e. The monoisotopic (exact) mass is 286 g/mol. The molecule has 0 aliphatic heterocycles. The van der Waals surface area contributed by atoms with Crippen LogP contribution in [0.25, 0.3) is 0 Å². The van der Waals surface area contributed by atoms with Gasteiger partial charge in [0.25, 0.3) is 0 Å². The maximum absolute atomic E-state index is 13.7. The molecule has 0 aromatic heterocycles. The molecule has 2 unspecified atom stereocenters. The second-order valence-corrected chi connectivity index (χ2v) is 4.78. The number of esters is 1. The molecule has 0 saturated heterocycles. The molecule has 0 N–H and O–H groups in total. The van der Waals surface area contributed by atoms with Crippen molar-refractivity contribution < 1.29 is 27.5 Å². The molecular weight excluding hydrogens is 273 g/mol. The Morgan fingerprint density at radius 1 is 1.20 bits per heavy atom. The molecule has 1 aliphatic rings. The predicted molar refractivity (Wildman–Crippen MR) is 63.4 cm³/mol. The highest BCUT2D eigenvalue weighted by Gasteiger charge is 2.37. The van der Waals surface area contributed by atoms with Crippen molar-refractivity contribution in [3.05, 3.63) is 35.1 Å². The molecule has 1 aliphatic carbocycles. The van der Waals surface area contributed by atoms with E-state index in [9.17, 15) is 22.8 Å². The second kappa shape index (κ2) is 5.64. The van der Waals surface area contributed by atoms with Crippen LogP contribution in [0.5, 0.6) is 0 Å². The number of methoxy groups -OCH3 is 1. The van der Waals surface area contributed by atoms with Crippen LogP contribution in [-0.4, -0.2) is 18.9 Å². The van der Waals surface area contributed by atoms with Crippen LogP contribution in [0.15, 0.2) is 12.1 Å². The van der Waals surface area contributed by atoms with Crippen LogP contribution in [0.2, 0.25) is 0 Å². The van der Waals surface area contributed by atoms with Crippen molar-refractivity contribution in [1.29, 1.82) is 0 Å². The van der Waals surface area contributed by atoms with Crippen molar-refractivity contribution in [3.8, 4) is 0 Å². The maximum Gasteiger partial charge on any atom is 0.316 e. The van der Waals surface area contributed by atoms with E-state index in [-0.39, 0.29) is 19.3 Å². The molecule has 0 spiro atoms. The fourth-order valence-electron chi connectivity index (χ4n) is 2.57. The third kappa shape index (κ3) is 2.55. The number of ketones is 1. The molecule has 108 valence electrons. The van der Waals surface area contributed by atoms with Crippen LogP contribution >= 0.6 is 0 Å². The minimum atomic E-state index is -1.26. The number of hydrogen-bond donors (Lipinski definition) is 0. The van der Waals surface area contributed by atoms with Crippen LogP contribution in [0.1, 0.15) is 30.7 Å². The van der Waals surface area contributed by atoms with Gasteiger partial charge in [0.2, 0.25) is 0 Å². The smallest absolute Gasteiger partial charge is 0.316 e. The van der Waals surface area contributed by atoms with Gasteiger partial charge in [-0.15, -0.1) is 0 Å².